The summed E-state index contributed by atoms with van der Waals surface area (Å²) in [5.41, 5.74) is 1.67. The fourth-order valence-electron chi connectivity index (χ4n) is 1.76. The smallest absolute Gasteiger partial charge is 0.335 e. The lowest BCUT2D eigenvalue weighted by Crippen LogP contribution is -2.04. The third kappa shape index (κ3) is 4.04. The van der Waals surface area contributed by atoms with E-state index in [0.29, 0.717) is 18.2 Å². The van der Waals surface area contributed by atoms with E-state index in [4.69, 9.17) is 9.84 Å². The third-order valence-electron chi connectivity index (χ3n) is 2.81. The Morgan fingerprint density at radius 3 is 2.71 bits per heavy atom. The number of ether oxygens (including phenoxy) is 1. The van der Waals surface area contributed by atoms with Crippen molar-refractivity contribution in [3.8, 4) is 17.0 Å². The maximum atomic E-state index is 11.0. The van der Waals surface area contributed by atoms with Gasteiger partial charge in [0, 0.05) is 11.8 Å². The van der Waals surface area contributed by atoms with Crippen molar-refractivity contribution in [3.63, 3.8) is 0 Å². The summed E-state index contributed by atoms with van der Waals surface area (Å²) in [6.45, 7) is 4.82. The summed E-state index contributed by atoms with van der Waals surface area (Å²) >= 11 is 3.47. The molecule has 0 fully saturated rings. The molecular weight excluding hydrogens is 334 g/mol. The Kier molecular flexibility index (Phi) is 4.96. The van der Waals surface area contributed by atoms with Gasteiger partial charge in [0.2, 0.25) is 0 Å². The highest BCUT2D eigenvalue weighted by molar-refractivity contribution is 9.10. The molecule has 110 valence electrons. The van der Waals surface area contributed by atoms with Crippen LogP contribution in [0.2, 0.25) is 0 Å². The fraction of sp³-hybridized carbons (Fsp3) is 0.250. The molecule has 0 amide bonds. The van der Waals surface area contributed by atoms with Crippen LogP contribution in [0.3, 0.4) is 0 Å². The maximum Gasteiger partial charge on any atom is 0.335 e. The highest BCUT2D eigenvalue weighted by Gasteiger charge is 2.09. The van der Waals surface area contributed by atoms with Gasteiger partial charge in [-0.15, -0.1) is 0 Å². The lowest BCUT2D eigenvalue weighted by molar-refractivity contribution is 0.0697. The first kappa shape index (κ1) is 15.5. The van der Waals surface area contributed by atoms with E-state index in [1.807, 2.05) is 18.2 Å². The number of aromatic carboxylic acids is 1. The number of carbonyl (C=O) groups is 1. The molecule has 2 aromatic rings. The van der Waals surface area contributed by atoms with Crippen LogP contribution in [0.5, 0.6) is 5.75 Å². The SMILES string of the molecule is CC(C)COc1ccc(-c2cc(C(=O)O)ccn2)cc1Br. The molecule has 21 heavy (non-hydrogen) atoms. The highest BCUT2D eigenvalue weighted by atomic mass is 79.9. The number of nitrogens with zero attached hydrogens (tertiary/aromatic N) is 1. The van der Waals surface area contributed by atoms with Gasteiger partial charge < -0.3 is 9.84 Å². The van der Waals surface area contributed by atoms with Crippen molar-refractivity contribution >= 4 is 21.9 Å². The van der Waals surface area contributed by atoms with Crippen molar-refractivity contribution in [1.82, 2.24) is 4.98 Å². The Morgan fingerprint density at radius 1 is 1.33 bits per heavy atom. The van der Waals surface area contributed by atoms with Gasteiger partial charge in [0.05, 0.1) is 22.3 Å². The molecule has 0 radical (unpaired) electrons. The molecule has 1 heterocycles. The van der Waals surface area contributed by atoms with Crippen LogP contribution >= 0.6 is 15.9 Å². The molecule has 1 N–H and O–H groups in total. The van der Waals surface area contributed by atoms with Crippen LogP contribution in [0.15, 0.2) is 41.0 Å². The summed E-state index contributed by atoms with van der Waals surface area (Å²) in [6, 6.07) is 8.63. The van der Waals surface area contributed by atoms with Gasteiger partial charge >= 0.3 is 5.97 Å². The zero-order chi connectivity index (χ0) is 15.4. The molecule has 1 aromatic heterocycles. The zero-order valence-corrected chi connectivity index (χ0v) is 13.4. The van der Waals surface area contributed by atoms with Crippen LogP contribution in [-0.2, 0) is 0 Å². The Balaban J connectivity index is 2.27. The Bertz CT molecular complexity index is 656. The Morgan fingerprint density at radius 2 is 2.10 bits per heavy atom. The average molecular weight is 350 g/mol. The summed E-state index contributed by atoms with van der Waals surface area (Å²) in [4.78, 5) is 15.2. The second-order valence-corrected chi connectivity index (χ2v) is 5.94. The van der Waals surface area contributed by atoms with Crippen molar-refractivity contribution in [2.75, 3.05) is 6.61 Å². The Labute approximate surface area is 131 Å². The van der Waals surface area contributed by atoms with E-state index in [0.717, 1.165) is 15.8 Å². The molecule has 0 saturated heterocycles. The summed E-state index contributed by atoms with van der Waals surface area (Å²) in [5.74, 6) is 0.252. The summed E-state index contributed by atoms with van der Waals surface area (Å²) in [7, 11) is 0. The van der Waals surface area contributed by atoms with E-state index < -0.39 is 5.97 Å². The molecule has 0 spiro atoms. The molecule has 0 atom stereocenters. The standard InChI is InChI=1S/C16H16BrNO3/c1-10(2)9-21-15-4-3-11(7-13(15)17)14-8-12(16(19)20)5-6-18-14/h3-8,10H,9H2,1-2H3,(H,19,20). The summed E-state index contributed by atoms with van der Waals surface area (Å²) in [5, 5.41) is 9.02. The van der Waals surface area contributed by atoms with E-state index >= 15 is 0 Å². The molecule has 0 aliphatic carbocycles. The lowest BCUT2D eigenvalue weighted by Gasteiger charge is -2.11. The monoisotopic (exact) mass is 349 g/mol. The molecule has 0 saturated carbocycles. The molecule has 0 aliphatic rings. The second-order valence-electron chi connectivity index (χ2n) is 5.08. The minimum atomic E-state index is -0.963. The maximum absolute atomic E-state index is 11.0. The van der Waals surface area contributed by atoms with Crippen molar-refractivity contribution in [1.29, 1.82) is 0 Å². The van der Waals surface area contributed by atoms with Crippen molar-refractivity contribution in [3.05, 3.63) is 46.6 Å². The quantitative estimate of drug-likeness (QED) is 0.876. The van der Waals surface area contributed by atoms with E-state index in [1.165, 1.54) is 12.3 Å². The van der Waals surface area contributed by atoms with Gasteiger partial charge in [0.1, 0.15) is 5.75 Å². The molecule has 1 aromatic carbocycles. The predicted octanol–water partition coefficient (Wildman–Crippen LogP) is 4.24. The number of benzene rings is 1. The zero-order valence-electron chi connectivity index (χ0n) is 11.8. The van der Waals surface area contributed by atoms with Crippen LogP contribution in [0.25, 0.3) is 11.3 Å². The first-order valence-corrected chi connectivity index (χ1v) is 7.38. The minimum absolute atomic E-state index is 0.219. The third-order valence-corrected chi connectivity index (χ3v) is 3.43. The highest BCUT2D eigenvalue weighted by Crippen LogP contribution is 2.30. The van der Waals surface area contributed by atoms with Crippen molar-refractivity contribution in [2.24, 2.45) is 5.92 Å². The van der Waals surface area contributed by atoms with E-state index in [9.17, 15) is 4.79 Å². The number of carboxylic acids is 1. The topological polar surface area (TPSA) is 59.4 Å². The first-order valence-electron chi connectivity index (χ1n) is 6.59. The van der Waals surface area contributed by atoms with Crippen molar-refractivity contribution < 1.29 is 14.6 Å². The minimum Gasteiger partial charge on any atom is -0.492 e. The van der Waals surface area contributed by atoms with Crippen LogP contribution < -0.4 is 4.74 Å². The van der Waals surface area contributed by atoms with Gasteiger partial charge in [0.15, 0.2) is 0 Å². The lowest BCUT2D eigenvalue weighted by atomic mass is 10.1. The van der Waals surface area contributed by atoms with Gasteiger partial charge in [-0.2, -0.15) is 0 Å². The van der Waals surface area contributed by atoms with Gasteiger partial charge in [-0.25, -0.2) is 4.79 Å². The van der Waals surface area contributed by atoms with E-state index in [2.05, 4.69) is 34.8 Å². The van der Waals surface area contributed by atoms with Crippen LogP contribution in [0.1, 0.15) is 24.2 Å². The van der Waals surface area contributed by atoms with Crippen LogP contribution in [-0.4, -0.2) is 22.7 Å². The number of halogens is 1. The molecule has 5 heteroatoms. The Hall–Kier alpha value is -1.88. The van der Waals surface area contributed by atoms with Gasteiger partial charge in [-0.05, 0) is 52.2 Å². The van der Waals surface area contributed by atoms with Crippen molar-refractivity contribution in [2.45, 2.75) is 13.8 Å². The van der Waals surface area contributed by atoms with Gasteiger partial charge in [-0.3, -0.25) is 4.98 Å². The van der Waals surface area contributed by atoms with E-state index in [-0.39, 0.29) is 5.56 Å². The fourth-order valence-corrected chi connectivity index (χ4v) is 2.25. The van der Waals surface area contributed by atoms with Crippen LogP contribution in [0.4, 0.5) is 0 Å². The molecule has 0 aliphatic heterocycles. The van der Waals surface area contributed by atoms with Crippen LogP contribution in [0, 0.1) is 5.92 Å². The molecule has 2 rings (SSSR count). The van der Waals surface area contributed by atoms with E-state index in [1.54, 1.807) is 6.07 Å². The predicted molar refractivity (Wildman–Crippen MR) is 84.7 cm³/mol. The number of aromatic nitrogens is 1. The normalized spacial score (nSPS) is 10.7. The number of pyridine rings is 1. The average Bonchev–Trinajstić information content (AvgIpc) is 2.46. The summed E-state index contributed by atoms with van der Waals surface area (Å²) < 4.78 is 6.51. The number of carboxylic acid groups (broad SMARTS) is 1. The first-order chi connectivity index (χ1) is 9.97. The molecule has 4 nitrogen and oxygen atoms in total. The summed E-state index contributed by atoms with van der Waals surface area (Å²) in [6.07, 6.45) is 1.50. The number of hydrogen-bond acceptors (Lipinski definition) is 3. The second kappa shape index (κ2) is 6.72. The largest absolute Gasteiger partial charge is 0.492 e. The number of hydrogen-bond donors (Lipinski definition) is 1. The number of rotatable bonds is 5. The molecule has 0 unspecified atom stereocenters. The van der Waals surface area contributed by atoms with Gasteiger partial charge in [-0.1, -0.05) is 13.8 Å². The van der Waals surface area contributed by atoms with Gasteiger partial charge in [0.25, 0.3) is 0 Å². The molecular formula is C16H16BrNO3. The molecule has 0 bridgehead atoms.